The predicted molar refractivity (Wildman–Crippen MR) is 61.0 cm³/mol. The third-order valence-corrected chi connectivity index (χ3v) is 2.14. The molecule has 0 heterocycles. The van der Waals surface area contributed by atoms with Crippen LogP contribution in [-0.2, 0) is 0 Å². The summed E-state index contributed by atoms with van der Waals surface area (Å²) in [7, 11) is 2.07. The first kappa shape index (κ1) is 15.8. The standard InChI is InChI=1S/C7H15N.CH4N4.ClH/c1-8-7-5-3-2-4-6-7;2-4-1-5-3;/h7-8H,2-6H2,1H3;1-2H,3H2;1H. The van der Waals surface area contributed by atoms with Crippen molar-refractivity contribution in [3.63, 3.8) is 0 Å². The van der Waals surface area contributed by atoms with E-state index < -0.39 is 0 Å². The number of nitrogens with one attached hydrogen (secondary N) is 2. The number of hydrogen-bond acceptors (Lipinski definition) is 4. The van der Waals surface area contributed by atoms with E-state index >= 15 is 0 Å². The van der Waals surface area contributed by atoms with Crippen molar-refractivity contribution in [2.45, 2.75) is 38.1 Å². The number of rotatable bonds is 2. The minimum Gasteiger partial charge on any atom is -0.322 e. The summed E-state index contributed by atoms with van der Waals surface area (Å²) in [5.74, 6) is 4.49. The van der Waals surface area contributed by atoms with E-state index in [9.17, 15) is 0 Å². The molecule has 14 heavy (non-hydrogen) atoms. The number of halogens is 1. The quantitative estimate of drug-likeness (QED) is 0.219. The lowest BCUT2D eigenvalue weighted by Gasteiger charge is -2.20. The van der Waals surface area contributed by atoms with Crippen LogP contribution in [0.1, 0.15) is 32.1 Å². The zero-order valence-electron chi connectivity index (χ0n) is 8.57. The van der Waals surface area contributed by atoms with E-state index in [1.807, 2.05) is 0 Å². The first-order valence-corrected chi connectivity index (χ1v) is 4.60. The van der Waals surface area contributed by atoms with Crippen molar-refractivity contribution in [1.29, 1.82) is 5.53 Å². The SMILES string of the molecule is CNC1CCCCC1.Cl.N=NC=NN. The van der Waals surface area contributed by atoms with Gasteiger partial charge in [0.2, 0.25) is 0 Å². The fourth-order valence-corrected chi connectivity index (χ4v) is 1.42. The molecule has 1 rings (SSSR count). The second kappa shape index (κ2) is 12.3. The number of hydrogen-bond donors (Lipinski definition) is 3. The Kier molecular flexibility index (Phi) is 13.9. The summed E-state index contributed by atoms with van der Waals surface area (Å²) in [6, 6.07) is 0.837. The van der Waals surface area contributed by atoms with Crippen LogP contribution >= 0.6 is 12.4 Å². The Morgan fingerprint density at radius 1 is 1.36 bits per heavy atom. The summed E-state index contributed by atoms with van der Waals surface area (Å²) in [5.41, 5.74) is 6.00. The summed E-state index contributed by atoms with van der Waals surface area (Å²) >= 11 is 0. The van der Waals surface area contributed by atoms with Crippen LogP contribution in [-0.4, -0.2) is 19.4 Å². The number of nitrogens with two attached hydrogens (primary N) is 1. The van der Waals surface area contributed by atoms with E-state index in [1.165, 1.54) is 32.1 Å². The second-order valence-electron chi connectivity index (χ2n) is 3.02. The van der Waals surface area contributed by atoms with Crippen molar-refractivity contribution < 1.29 is 0 Å². The third-order valence-electron chi connectivity index (χ3n) is 2.14. The Morgan fingerprint density at radius 3 is 2.14 bits per heavy atom. The van der Waals surface area contributed by atoms with Gasteiger partial charge in [0.05, 0.1) is 0 Å². The summed E-state index contributed by atoms with van der Waals surface area (Å²) in [5, 5.41) is 8.87. The van der Waals surface area contributed by atoms with Gasteiger partial charge in [-0.25, -0.2) is 5.53 Å². The molecule has 1 aliphatic rings. The molecule has 4 N–H and O–H groups in total. The van der Waals surface area contributed by atoms with Gasteiger partial charge in [-0.2, -0.15) is 5.10 Å². The van der Waals surface area contributed by atoms with Crippen LogP contribution in [0, 0.1) is 5.53 Å². The van der Waals surface area contributed by atoms with Crippen LogP contribution in [0.3, 0.4) is 0 Å². The van der Waals surface area contributed by atoms with E-state index in [1.54, 1.807) is 0 Å². The molecule has 0 unspecified atom stereocenters. The highest BCUT2D eigenvalue weighted by molar-refractivity contribution is 5.85. The Labute approximate surface area is 91.4 Å². The van der Waals surface area contributed by atoms with Crippen LogP contribution in [0.25, 0.3) is 0 Å². The van der Waals surface area contributed by atoms with Gasteiger partial charge in [-0.15, -0.1) is 17.5 Å². The fraction of sp³-hybridized carbons (Fsp3) is 0.875. The summed E-state index contributed by atoms with van der Waals surface area (Å²) < 4.78 is 0. The molecule has 0 atom stereocenters. The van der Waals surface area contributed by atoms with Crippen molar-refractivity contribution in [2.75, 3.05) is 7.05 Å². The molecule has 0 aromatic rings. The zero-order valence-corrected chi connectivity index (χ0v) is 9.39. The van der Waals surface area contributed by atoms with Crippen molar-refractivity contribution in [2.24, 2.45) is 16.1 Å². The van der Waals surface area contributed by atoms with E-state index in [2.05, 4.69) is 28.4 Å². The largest absolute Gasteiger partial charge is 0.322 e. The van der Waals surface area contributed by atoms with E-state index in [0.717, 1.165) is 12.4 Å². The Balaban J connectivity index is 0. The van der Waals surface area contributed by atoms with Crippen LogP contribution < -0.4 is 11.2 Å². The molecule has 84 valence electrons. The van der Waals surface area contributed by atoms with Gasteiger partial charge < -0.3 is 11.2 Å². The summed E-state index contributed by atoms with van der Waals surface area (Å²) in [4.78, 5) is 0. The average molecular weight is 222 g/mol. The van der Waals surface area contributed by atoms with Gasteiger partial charge in [-0.1, -0.05) is 19.3 Å². The lowest BCUT2D eigenvalue weighted by molar-refractivity contribution is 0.394. The highest BCUT2D eigenvalue weighted by Crippen LogP contribution is 2.16. The first-order chi connectivity index (χ1) is 6.35. The van der Waals surface area contributed by atoms with E-state index in [0.29, 0.717) is 0 Å². The van der Waals surface area contributed by atoms with E-state index in [-0.39, 0.29) is 12.4 Å². The van der Waals surface area contributed by atoms with Crippen LogP contribution in [0.5, 0.6) is 0 Å². The van der Waals surface area contributed by atoms with Crippen LogP contribution in [0.15, 0.2) is 10.2 Å². The third kappa shape index (κ3) is 9.41. The lowest BCUT2D eigenvalue weighted by Crippen LogP contribution is -2.26. The molecule has 0 aromatic carbocycles. The van der Waals surface area contributed by atoms with Gasteiger partial charge in [0.15, 0.2) is 6.34 Å². The monoisotopic (exact) mass is 221 g/mol. The molecule has 6 heteroatoms. The maximum Gasteiger partial charge on any atom is 0.156 e. The van der Waals surface area contributed by atoms with Gasteiger partial charge in [-0.3, -0.25) is 0 Å². The number of hydrazone groups is 1. The normalized spacial score (nSPS) is 16.6. The molecular weight excluding hydrogens is 202 g/mol. The molecule has 1 fully saturated rings. The van der Waals surface area contributed by atoms with E-state index in [4.69, 9.17) is 5.53 Å². The minimum atomic E-state index is 0. The van der Waals surface area contributed by atoms with Crippen molar-refractivity contribution in [3.8, 4) is 0 Å². The van der Waals surface area contributed by atoms with Gasteiger partial charge >= 0.3 is 0 Å². The van der Waals surface area contributed by atoms with Gasteiger partial charge in [0.1, 0.15) is 0 Å². The maximum absolute atomic E-state index is 6.00. The van der Waals surface area contributed by atoms with Crippen LogP contribution in [0.4, 0.5) is 0 Å². The molecule has 1 aliphatic carbocycles. The molecule has 0 amide bonds. The molecule has 0 saturated heterocycles. The predicted octanol–water partition coefficient (Wildman–Crippen LogP) is 1.88. The van der Waals surface area contributed by atoms with Gasteiger partial charge in [-0.05, 0) is 19.9 Å². The highest BCUT2D eigenvalue weighted by atomic mass is 35.5. The van der Waals surface area contributed by atoms with Crippen molar-refractivity contribution >= 4 is 18.7 Å². The molecule has 0 bridgehead atoms. The summed E-state index contributed by atoms with van der Waals surface area (Å²) in [6.45, 7) is 0. The topological polar surface area (TPSA) is 86.6 Å². The maximum atomic E-state index is 6.00. The molecule has 0 spiro atoms. The first-order valence-electron chi connectivity index (χ1n) is 4.60. The molecule has 5 nitrogen and oxygen atoms in total. The minimum absolute atomic E-state index is 0. The number of nitrogens with zero attached hydrogens (tertiary/aromatic N) is 2. The van der Waals surface area contributed by atoms with Gasteiger partial charge in [0, 0.05) is 6.04 Å². The highest BCUT2D eigenvalue weighted by Gasteiger charge is 2.09. The zero-order chi connectivity index (χ0) is 9.94. The van der Waals surface area contributed by atoms with Crippen molar-refractivity contribution in [1.82, 2.24) is 5.32 Å². The van der Waals surface area contributed by atoms with Crippen molar-refractivity contribution in [3.05, 3.63) is 0 Å². The lowest BCUT2D eigenvalue weighted by atomic mass is 9.96. The fourth-order valence-electron chi connectivity index (χ4n) is 1.42. The molecule has 1 saturated carbocycles. The van der Waals surface area contributed by atoms with Crippen LogP contribution in [0.2, 0.25) is 0 Å². The molecule has 0 aromatic heterocycles. The van der Waals surface area contributed by atoms with Gasteiger partial charge in [0.25, 0.3) is 0 Å². The summed E-state index contributed by atoms with van der Waals surface area (Å²) in [6.07, 6.45) is 8.07. The average Bonchev–Trinajstić information content (AvgIpc) is 2.21. The molecule has 0 radical (unpaired) electrons. The second-order valence-corrected chi connectivity index (χ2v) is 3.02. The Hall–Kier alpha value is -0.680. The smallest absolute Gasteiger partial charge is 0.156 e. The Bertz CT molecular complexity index is 145. The molecular formula is C8H20ClN5. The Morgan fingerprint density at radius 2 is 1.93 bits per heavy atom. The molecule has 0 aliphatic heterocycles.